The summed E-state index contributed by atoms with van der Waals surface area (Å²) in [6.45, 7) is 29.0. The van der Waals surface area contributed by atoms with Gasteiger partial charge in [-0.25, -0.2) is 29.9 Å². The average Bonchev–Trinajstić information content (AvgIpc) is 0.787. The lowest BCUT2D eigenvalue weighted by molar-refractivity contribution is 0.0301. The van der Waals surface area contributed by atoms with Crippen molar-refractivity contribution in [2.75, 3.05) is 92.1 Å². The number of morpholine rings is 3. The number of hydrogen-bond donors (Lipinski definition) is 2. The standard InChI is InChI=1S/C27H33N5O4Si.C22H25BrN4O2Si.C21H19N5O3.C4H9NO/c1-19-14-20(26(33)30-8-10-35-11-9-30)15-22-24(19)29-25(23-16-21-6-5-7-31(21)17-28-23)32(27(22)34)18-36-12-13-37(2,3)4;1-15-10-16(23)11-18-20(15)25-21(19-12-17-6-5-7-26(17)13-24-19)27(22(18)28)14-29-8-9-30(2,3)4;1-13-9-14(21(28)25-5-7-29-8-6-25)10-16-18(13)23-19(24-20(16)27)17-11-15-3-2-4-26(15)12-22-17;1-3-6-4-2-5-1/h5-7,14-17H,8-13,18H2,1-4H3;5-7,10-13H,8-9,14H2,1-4H3;2-4,9-12H,5-8H2,1H3,(H,23,24,27);5H,1-4H2. The van der Waals surface area contributed by atoms with E-state index in [4.69, 9.17) is 33.7 Å². The van der Waals surface area contributed by atoms with E-state index in [0.29, 0.717) is 144 Å². The van der Waals surface area contributed by atoms with E-state index in [1.165, 1.54) is 4.57 Å². The number of H-pyrrole nitrogens is 1. The van der Waals surface area contributed by atoms with Crippen LogP contribution < -0.4 is 22.0 Å². The average molecular weight is 1480 g/mol. The minimum Gasteiger partial charge on any atom is -0.379 e. The number of benzene rings is 3. The third-order valence-electron chi connectivity index (χ3n) is 17.8. The Morgan fingerprint density at radius 1 is 0.510 bits per heavy atom. The van der Waals surface area contributed by atoms with Gasteiger partial charge in [0.15, 0.2) is 17.5 Å². The van der Waals surface area contributed by atoms with E-state index in [0.717, 1.165) is 76.1 Å². The third kappa shape index (κ3) is 17.3. The molecule has 0 radical (unpaired) electrons. The number of carbonyl (C=O) groups is 2. The van der Waals surface area contributed by atoms with Crippen molar-refractivity contribution in [3.63, 3.8) is 0 Å². The number of carbonyl (C=O) groups excluding carboxylic acids is 2. The van der Waals surface area contributed by atoms with Crippen molar-refractivity contribution < 1.29 is 33.3 Å². The minimum atomic E-state index is -1.29. The van der Waals surface area contributed by atoms with Crippen LogP contribution in [0.15, 0.2) is 147 Å². The highest BCUT2D eigenvalue weighted by atomic mass is 79.9. The number of rotatable bonds is 15. The Morgan fingerprint density at radius 2 is 0.912 bits per heavy atom. The van der Waals surface area contributed by atoms with Crippen LogP contribution in [0, 0.1) is 20.8 Å². The second-order valence-electron chi connectivity index (χ2n) is 28.0. The molecule has 0 saturated carbocycles. The summed E-state index contributed by atoms with van der Waals surface area (Å²) in [5.74, 6) is 1.18. The molecule has 0 bridgehead atoms. The Hall–Kier alpha value is -9.24. The molecule has 2 N–H and O–H groups in total. The quantitative estimate of drug-likeness (QED) is 0.0713. The maximum absolute atomic E-state index is 13.9. The molecule has 0 aliphatic carbocycles. The summed E-state index contributed by atoms with van der Waals surface area (Å²) in [7, 11) is -2.51. The number of nitrogens with zero attached hydrogens (tertiary/aromatic N) is 13. The van der Waals surface area contributed by atoms with Crippen molar-refractivity contribution in [1.82, 2.24) is 72.3 Å². The van der Waals surface area contributed by atoms with E-state index < -0.39 is 16.1 Å². The summed E-state index contributed by atoms with van der Waals surface area (Å²) < 4.78 is 37.4. The normalized spacial score (nSPS) is 14.4. The van der Waals surface area contributed by atoms with Gasteiger partial charge in [0.2, 0.25) is 0 Å². The Balaban J connectivity index is 0.000000139. The molecule has 25 nitrogen and oxygen atoms in total. The van der Waals surface area contributed by atoms with Crippen LogP contribution in [0.3, 0.4) is 0 Å². The zero-order valence-corrected chi connectivity index (χ0v) is 62.7. The smallest absolute Gasteiger partial charge is 0.263 e. The Bertz CT molecular complexity index is 5220. The van der Waals surface area contributed by atoms with Gasteiger partial charge < -0.3 is 57.0 Å². The Kier molecular flexibility index (Phi) is 22.7. The molecular weight excluding hydrogens is 1390 g/mol. The molecule has 28 heteroatoms. The number of ether oxygens (including phenoxy) is 5. The first-order chi connectivity index (χ1) is 49.0. The topological polar surface area (TPSA) is 266 Å². The summed E-state index contributed by atoms with van der Waals surface area (Å²) in [5, 5.41) is 4.53. The third-order valence-corrected chi connectivity index (χ3v) is 21.7. The number of fused-ring (bicyclic) bond motifs is 6. The Labute approximate surface area is 599 Å². The molecule has 0 spiro atoms. The number of hydrogen-bond acceptors (Lipinski definition) is 17. The molecule has 9 aromatic heterocycles. The molecule has 3 saturated heterocycles. The molecule has 102 heavy (non-hydrogen) atoms. The molecule has 532 valence electrons. The van der Waals surface area contributed by atoms with Gasteiger partial charge in [-0.15, -0.1) is 0 Å². The van der Waals surface area contributed by atoms with Gasteiger partial charge in [-0.05, 0) is 141 Å². The summed E-state index contributed by atoms with van der Waals surface area (Å²) >= 11 is 3.50. The number of aromatic nitrogens is 12. The van der Waals surface area contributed by atoms with Crippen LogP contribution in [0.1, 0.15) is 37.4 Å². The van der Waals surface area contributed by atoms with Crippen molar-refractivity contribution in [3.05, 3.63) is 192 Å². The second kappa shape index (κ2) is 32.0. The fraction of sp³-hybridized carbons (Fsp3) is 0.365. The minimum absolute atomic E-state index is 0.0656. The van der Waals surface area contributed by atoms with Gasteiger partial charge in [0, 0.05) is 119 Å². The predicted octanol–water partition coefficient (Wildman–Crippen LogP) is 10.5. The highest BCUT2D eigenvalue weighted by Crippen LogP contribution is 2.28. The van der Waals surface area contributed by atoms with E-state index in [1.807, 2.05) is 125 Å². The lowest BCUT2D eigenvalue weighted by Gasteiger charge is -2.27. The molecule has 12 heterocycles. The maximum atomic E-state index is 13.9. The fourth-order valence-electron chi connectivity index (χ4n) is 12.0. The van der Waals surface area contributed by atoms with Gasteiger partial charge in [-0.3, -0.25) is 33.1 Å². The van der Waals surface area contributed by atoms with Crippen LogP contribution in [0.2, 0.25) is 51.4 Å². The molecule has 3 aliphatic heterocycles. The molecule has 3 aromatic carbocycles. The Morgan fingerprint density at radius 3 is 1.34 bits per heavy atom. The van der Waals surface area contributed by atoms with Crippen molar-refractivity contribution in [2.45, 2.75) is 85.6 Å². The largest absolute Gasteiger partial charge is 0.379 e. The van der Waals surface area contributed by atoms with Crippen molar-refractivity contribution in [3.8, 4) is 34.6 Å². The molecule has 12 aromatic rings. The SMILES string of the molecule is C1COCCN1.Cc1cc(Br)cc2c(=O)n(COCC[Si](C)(C)C)c(-c3cc4cccn4cn3)nc12.Cc1cc(C(=O)N2CCOCC2)cc2c(=O)[nH]c(-c3cc4cccn4cn3)nc12.Cc1cc(C(=O)N2CCOCC2)cc2c(=O)n(COCC[Si](C)(C)C)c(-c3cc4cccn4cn3)nc12. The molecule has 3 aliphatic rings. The number of halogens is 1. The highest BCUT2D eigenvalue weighted by Gasteiger charge is 2.26. The van der Waals surface area contributed by atoms with Crippen molar-refractivity contribution >= 4 is 93.2 Å². The first-order valence-corrected chi connectivity index (χ1v) is 42.5. The van der Waals surface area contributed by atoms with Crippen LogP contribution in [0.5, 0.6) is 0 Å². The van der Waals surface area contributed by atoms with Gasteiger partial charge in [-0.1, -0.05) is 55.2 Å². The molecular formula is C74H86BrN15O10Si2. The zero-order chi connectivity index (χ0) is 71.8. The molecule has 3 fully saturated rings. The van der Waals surface area contributed by atoms with Gasteiger partial charge in [-0.2, -0.15) is 0 Å². The number of amides is 2. The van der Waals surface area contributed by atoms with Crippen molar-refractivity contribution in [1.29, 1.82) is 0 Å². The molecule has 2 amide bonds. The number of aryl methyl sites for hydroxylation is 3. The van der Waals surface area contributed by atoms with Gasteiger partial charge in [0.05, 0.1) is 91.3 Å². The fourth-order valence-corrected chi connectivity index (χ4v) is 14.1. The molecule has 15 rings (SSSR count). The monoisotopic (exact) mass is 1480 g/mol. The van der Waals surface area contributed by atoms with Crippen LogP contribution in [0.4, 0.5) is 0 Å². The number of nitrogens with one attached hydrogen (secondary N) is 2. The van der Waals surface area contributed by atoms with E-state index in [2.05, 4.69) is 85.4 Å². The van der Waals surface area contributed by atoms with E-state index in [1.54, 1.807) is 51.5 Å². The summed E-state index contributed by atoms with van der Waals surface area (Å²) in [5.41, 5.74) is 9.35. The number of aromatic amines is 1. The lowest BCUT2D eigenvalue weighted by Crippen LogP contribution is -2.40. The lowest BCUT2D eigenvalue weighted by atomic mass is 10.1. The van der Waals surface area contributed by atoms with Crippen molar-refractivity contribution in [2.24, 2.45) is 0 Å². The summed E-state index contributed by atoms with van der Waals surface area (Å²) in [4.78, 5) is 100. The van der Waals surface area contributed by atoms with Gasteiger partial charge in [0.1, 0.15) is 30.5 Å². The second-order valence-corrected chi connectivity index (χ2v) is 40.1. The van der Waals surface area contributed by atoms with Crippen LogP contribution >= 0.6 is 15.9 Å². The predicted molar refractivity (Wildman–Crippen MR) is 404 cm³/mol. The summed E-state index contributed by atoms with van der Waals surface area (Å²) in [6, 6.07) is 30.2. The highest BCUT2D eigenvalue weighted by molar-refractivity contribution is 9.10. The first kappa shape index (κ1) is 72.5. The van der Waals surface area contributed by atoms with Gasteiger partial charge >= 0.3 is 0 Å². The van der Waals surface area contributed by atoms with Gasteiger partial charge in [0.25, 0.3) is 28.5 Å². The summed E-state index contributed by atoms with van der Waals surface area (Å²) in [6.07, 6.45) is 10.9. The maximum Gasteiger partial charge on any atom is 0.263 e. The van der Waals surface area contributed by atoms with E-state index in [-0.39, 0.29) is 42.0 Å². The van der Waals surface area contributed by atoms with E-state index >= 15 is 0 Å². The van der Waals surface area contributed by atoms with Crippen LogP contribution in [0.25, 0.3) is 83.8 Å². The van der Waals surface area contributed by atoms with Crippen LogP contribution in [-0.4, -0.2) is 187 Å². The zero-order valence-electron chi connectivity index (χ0n) is 59.1. The first-order valence-electron chi connectivity index (χ1n) is 34.3. The van der Waals surface area contributed by atoms with E-state index in [9.17, 15) is 24.0 Å². The molecule has 0 atom stereocenters. The molecule has 0 unspecified atom stereocenters. The van der Waals surface area contributed by atoms with Crippen LogP contribution in [-0.2, 0) is 37.1 Å².